The maximum atomic E-state index is 13.5. The first kappa shape index (κ1) is 51.0. The highest BCUT2D eigenvalue weighted by molar-refractivity contribution is 5.69. The van der Waals surface area contributed by atoms with Crippen molar-refractivity contribution in [3.05, 3.63) is 77.2 Å². The number of allylic oxidation sites excluding steroid dienone is 3. The highest BCUT2D eigenvalue weighted by atomic mass is 16.5. The van der Waals surface area contributed by atoms with Gasteiger partial charge in [0, 0.05) is 36.6 Å². The lowest BCUT2D eigenvalue weighted by molar-refractivity contribution is -0.203. The fourth-order valence-electron chi connectivity index (χ4n) is 16.6. The molecule has 4 saturated carbocycles. The molecule has 0 amide bonds. The Hall–Kier alpha value is -4.51. The van der Waals surface area contributed by atoms with Gasteiger partial charge in [0.05, 0.1) is 49.8 Å². The number of nitrogens with one attached hydrogen (secondary N) is 3. The molecule has 2 spiro atoms. The van der Waals surface area contributed by atoms with E-state index in [1.807, 2.05) is 24.3 Å². The van der Waals surface area contributed by atoms with Crippen LogP contribution < -0.4 is 35.9 Å². The van der Waals surface area contributed by atoms with Crippen molar-refractivity contribution in [2.75, 3.05) is 33.6 Å². The van der Waals surface area contributed by atoms with E-state index in [-0.39, 0.29) is 96.6 Å². The number of phenols is 2. The van der Waals surface area contributed by atoms with Crippen LogP contribution in [0, 0.1) is 45.8 Å². The van der Waals surface area contributed by atoms with Gasteiger partial charge in [0.1, 0.15) is 13.3 Å². The normalized spacial score (nSPS) is 36.7. The molecule has 3 aliphatic heterocycles. The number of hydrogen-bond acceptors (Lipinski definition) is 14. The molecule has 3 heterocycles. The minimum absolute atomic E-state index is 0.0114. The first-order valence-corrected chi connectivity index (χ1v) is 27.2. The van der Waals surface area contributed by atoms with Crippen molar-refractivity contribution in [3.8, 4) is 28.7 Å². The summed E-state index contributed by atoms with van der Waals surface area (Å²) >= 11 is 0. The fraction of sp³-hybridized carbons (Fsp3) is 0.667. The number of aliphatic hydroxyl groups is 3. The zero-order valence-electron chi connectivity index (χ0n) is 42.3. The van der Waals surface area contributed by atoms with Gasteiger partial charge < -0.3 is 66.0 Å². The first-order valence-electron chi connectivity index (χ1n) is 27.2. The van der Waals surface area contributed by atoms with E-state index < -0.39 is 41.7 Å². The maximum Gasteiger partial charge on any atom is 0.304 e. The topological polar surface area (TPSA) is 237 Å². The summed E-state index contributed by atoms with van der Waals surface area (Å²) in [6, 6.07) is 8.21. The summed E-state index contributed by atoms with van der Waals surface area (Å²) in [6.45, 7) is 2.84. The fourth-order valence-corrected chi connectivity index (χ4v) is 16.6. The number of rotatable bonds is 17. The number of aromatic hydroxyl groups is 2. The minimum Gasteiger partial charge on any atom is -0.504 e. The van der Waals surface area contributed by atoms with Crippen LogP contribution in [0.25, 0.3) is 0 Å². The van der Waals surface area contributed by atoms with Crippen molar-refractivity contribution in [1.29, 1.82) is 0 Å². The molecule has 394 valence electrons. The van der Waals surface area contributed by atoms with Crippen LogP contribution in [-0.2, 0) is 16.0 Å². The Morgan fingerprint density at radius 3 is 2.56 bits per heavy atom. The summed E-state index contributed by atoms with van der Waals surface area (Å²) in [6.07, 6.45) is 20.7. The van der Waals surface area contributed by atoms with Crippen molar-refractivity contribution in [3.63, 3.8) is 0 Å². The number of methoxy groups -OCH3 is 1. The summed E-state index contributed by atoms with van der Waals surface area (Å²) in [5.74, 6) is 0.780. The smallest absolute Gasteiger partial charge is 0.304 e. The number of aryl methyl sites for hydroxylation is 1. The van der Waals surface area contributed by atoms with Crippen LogP contribution in [0.3, 0.4) is 0 Å². The van der Waals surface area contributed by atoms with Gasteiger partial charge in [-0.3, -0.25) is 10.1 Å². The Morgan fingerprint density at radius 2 is 1.78 bits per heavy atom. The molecule has 2 aromatic carbocycles. The third-order valence-corrected chi connectivity index (χ3v) is 19.4. The van der Waals surface area contributed by atoms with Gasteiger partial charge in [-0.05, 0) is 166 Å². The van der Waals surface area contributed by atoms with E-state index in [2.05, 4.69) is 35.0 Å². The third kappa shape index (κ3) is 9.37. The van der Waals surface area contributed by atoms with Crippen molar-refractivity contribution in [1.82, 2.24) is 16.0 Å². The van der Waals surface area contributed by atoms with Crippen LogP contribution in [0.1, 0.15) is 127 Å². The van der Waals surface area contributed by atoms with Crippen molar-refractivity contribution in [2.24, 2.45) is 51.6 Å². The highest BCUT2D eigenvalue weighted by Crippen LogP contribution is 2.77. The molecular formula is C57H80N4O11. The number of carboxylic acids is 1. The number of nitrogens with two attached hydrogens (primary N) is 1. The summed E-state index contributed by atoms with van der Waals surface area (Å²) in [5, 5.41) is 77.1. The molecule has 2 aromatic rings. The Balaban J connectivity index is 0.893. The molecule has 5 aliphatic carbocycles. The second-order valence-electron chi connectivity index (χ2n) is 23.1. The van der Waals surface area contributed by atoms with Crippen LogP contribution >= 0.6 is 0 Å². The summed E-state index contributed by atoms with van der Waals surface area (Å²) in [4.78, 5) is 13.5. The number of carbonyl (C=O) groups is 1. The molecule has 0 radical (unpaired) electrons. The second kappa shape index (κ2) is 21.0. The maximum absolute atomic E-state index is 13.5. The number of benzene rings is 2. The van der Waals surface area contributed by atoms with E-state index in [0.29, 0.717) is 54.8 Å². The predicted molar refractivity (Wildman–Crippen MR) is 271 cm³/mol. The molecule has 8 aliphatic rings. The SMILES string of the molecule is COc1cc(C2OC(CCc3ccc(O)c(OCNC4C=CC5CCCC5C4O)c3)CC(O)C2CCO)cc(OCC2NC(C)CC34CCCC3C3(CCCC3)CC(C3=CCNC(N)=C3)C24CC(=O)O)c1O. The van der Waals surface area contributed by atoms with E-state index in [9.17, 15) is 35.4 Å². The van der Waals surface area contributed by atoms with Gasteiger partial charge in [-0.15, -0.1) is 0 Å². The van der Waals surface area contributed by atoms with Crippen molar-refractivity contribution >= 4 is 5.97 Å². The molecule has 10 rings (SSSR count). The number of dihydropyridines is 1. The number of phenolic OH excluding ortho intramolecular Hbond substituents is 2. The molecule has 15 nitrogen and oxygen atoms in total. The minimum atomic E-state index is -0.827. The third-order valence-electron chi connectivity index (χ3n) is 19.4. The van der Waals surface area contributed by atoms with E-state index in [1.165, 1.54) is 32.8 Å². The number of piperidine rings is 1. The van der Waals surface area contributed by atoms with Gasteiger partial charge in [0.15, 0.2) is 23.0 Å². The van der Waals surface area contributed by atoms with Gasteiger partial charge in [-0.2, -0.15) is 0 Å². The number of fused-ring (bicyclic) bond motifs is 2. The lowest BCUT2D eigenvalue weighted by Gasteiger charge is -2.70. The molecule has 14 atom stereocenters. The van der Waals surface area contributed by atoms with Gasteiger partial charge in [-0.1, -0.05) is 50.0 Å². The average Bonchev–Trinajstić information content (AvgIpc) is 4.15. The summed E-state index contributed by atoms with van der Waals surface area (Å²) < 4.78 is 25.5. The predicted octanol–water partition coefficient (Wildman–Crippen LogP) is 6.86. The van der Waals surface area contributed by atoms with Gasteiger partial charge >= 0.3 is 5.97 Å². The monoisotopic (exact) mass is 997 g/mol. The standard InChI is InChI=1S/C57H80N4O11/c1-33-28-56-20-6-9-48(56)55(18-3-4-19-55)29-41(36-16-21-59-50(58)26-36)57(56,30-51(65)66)49(61-33)31-70-47-25-37(24-46(69-2)53(47)68)54-40(17-22-62)44(64)27-38(72-54)13-10-34-11-15-43(63)45(23-34)71-32-60-42-14-12-35-7-5-8-39(35)52(42)67/h11-12,14-16,23-26,33,35,38-42,44,48-49,52,54,59-64,67-68H,3-10,13,17-22,27-32,58H2,1-2H3,(H,65,66). The number of aliphatic carboxylic acids is 1. The number of aliphatic hydroxyl groups excluding tert-OH is 3. The van der Waals surface area contributed by atoms with Crippen LogP contribution in [0.5, 0.6) is 28.7 Å². The van der Waals surface area contributed by atoms with E-state index in [0.717, 1.165) is 62.5 Å². The lowest BCUT2D eigenvalue weighted by atomic mass is 9.36. The summed E-state index contributed by atoms with van der Waals surface area (Å²) in [7, 11) is 1.48. The Bertz CT molecular complexity index is 2370. The van der Waals surface area contributed by atoms with Crippen LogP contribution in [0.2, 0.25) is 0 Å². The van der Waals surface area contributed by atoms with E-state index in [4.69, 9.17) is 24.7 Å². The largest absolute Gasteiger partial charge is 0.504 e. The van der Waals surface area contributed by atoms with Gasteiger partial charge in [0.2, 0.25) is 5.75 Å². The van der Waals surface area contributed by atoms with Crippen molar-refractivity contribution in [2.45, 2.75) is 159 Å². The number of hydrogen-bond donors (Lipinski definition) is 10. The zero-order valence-corrected chi connectivity index (χ0v) is 42.3. The molecule has 11 N–H and O–H groups in total. The number of carboxylic acid groups (broad SMARTS) is 1. The molecule has 72 heavy (non-hydrogen) atoms. The molecular weight excluding hydrogens is 917 g/mol. The Labute approximate surface area is 424 Å². The van der Waals surface area contributed by atoms with Gasteiger partial charge in [0.25, 0.3) is 0 Å². The second-order valence-corrected chi connectivity index (χ2v) is 23.1. The van der Waals surface area contributed by atoms with E-state index in [1.54, 1.807) is 18.2 Å². The Kier molecular flexibility index (Phi) is 14.9. The van der Waals surface area contributed by atoms with Crippen LogP contribution in [-0.4, -0.2) is 107 Å². The molecule has 0 aromatic heterocycles. The average molecular weight is 997 g/mol. The first-order chi connectivity index (χ1) is 34.8. The summed E-state index contributed by atoms with van der Waals surface area (Å²) in [5.41, 5.74) is 8.30. The highest BCUT2D eigenvalue weighted by Gasteiger charge is 2.73. The zero-order chi connectivity index (χ0) is 50.4. The van der Waals surface area contributed by atoms with Gasteiger partial charge in [-0.25, -0.2) is 0 Å². The number of ether oxygens (including phenoxy) is 4. The molecule has 14 unspecified atom stereocenters. The Morgan fingerprint density at radius 1 is 0.958 bits per heavy atom. The van der Waals surface area contributed by atoms with E-state index >= 15 is 0 Å². The molecule has 6 fully saturated rings. The molecule has 2 saturated heterocycles. The molecule has 15 heteroatoms. The van der Waals surface area contributed by atoms with Crippen LogP contribution in [0.4, 0.5) is 0 Å². The molecule has 0 bridgehead atoms. The quantitative estimate of drug-likeness (QED) is 0.0576. The van der Waals surface area contributed by atoms with Crippen molar-refractivity contribution < 1.29 is 54.4 Å². The van der Waals surface area contributed by atoms with Crippen LogP contribution in [0.15, 0.2) is 66.0 Å². The lowest BCUT2D eigenvalue weighted by Crippen LogP contribution is -2.73.